The first-order valence-electron chi connectivity index (χ1n) is 0.742. The summed E-state index contributed by atoms with van der Waals surface area (Å²) in [7, 11) is 4.61. The van der Waals surface area contributed by atoms with Crippen LogP contribution in [-0.2, 0) is 0 Å². The molecule has 0 saturated carbocycles. The summed E-state index contributed by atoms with van der Waals surface area (Å²) in [4.78, 5) is 0. The van der Waals surface area contributed by atoms with Gasteiger partial charge >= 0.3 is 20.4 Å². The van der Waals surface area contributed by atoms with Gasteiger partial charge in [0.1, 0.15) is 0 Å². The van der Waals surface area contributed by atoms with Crippen LogP contribution in [0, 0.1) is 0 Å². The third-order valence-corrected chi connectivity index (χ3v) is 0. The molecule has 0 fully saturated rings. The molecular weight excluding hydrogens is 195 g/mol. The molecule has 3 heteroatoms. The van der Waals surface area contributed by atoms with Gasteiger partial charge in [0.15, 0.2) is 0 Å². The Bertz CT molecular complexity index is 15.1. The minimum absolute atomic E-state index is 0. The average Bonchev–Trinajstić information content (AvgIpc) is 0.918. The molecule has 0 N–H and O–H groups in total. The largest absolute Gasteiger partial charge is 1.00 e. The second-order valence-electron chi connectivity index (χ2n) is 0.236. The van der Waals surface area contributed by atoms with Crippen LogP contribution in [0.25, 0.3) is 0 Å². The quantitative estimate of drug-likeness (QED) is 0.340. The Hall–Kier alpha value is 0.765. The van der Waals surface area contributed by atoms with Crippen LogP contribution in [0.1, 0.15) is 0 Å². The molecule has 0 radical (unpaired) electrons. The summed E-state index contributed by atoms with van der Waals surface area (Å²) in [6.45, 7) is 3.14. The van der Waals surface area contributed by atoms with Crippen LogP contribution in [0.3, 0.4) is 0 Å². The Morgan fingerprint density at radius 2 is 1.40 bits per heavy atom. The number of hydrogen-bond donors (Lipinski definition) is 0. The van der Waals surface area contributed by atoms with Crippen LogP contribution < -0.4 is 34.0 Å². The molecule has 0 atom stereocenters. The van der Waals surface area contributed by atoms with E-state index in [9.17, 15) is 0 Å². The summed E-state index contributed by atoms with van der Waals surface area (Å²) >= 11 is 0. The summed E-state index contributed by atoms with van der Waals surface area (Å²) in [5.74, 6) is 1.25. The van der Waals surface area contributed by atoms with Crippen molar-refractivity contribution in [1.82, 2.24) is 0 Å². The van der Waals surface area contributed by atoms with Crippen LogP contribution in [0.4, 0.5) is 0 Å². The van der Waals surface area contributed by atoms with E-state index in [1.165, 1.54) is 5.98 Å². The Kier molecular flexibility index (Phi) is 74.2. The summed E-state index contributed by atoms with van der Waals surface area (Å²) in [5.41, 5.74) is 0. The van der Waals surface area contributed by atoms with Gasteiger partial charge in [-0.2, -0.15) is 0 Å². The van der Waals surface area contributed by atoms with Crippen LogP contribution in [0.2, 0.25) is 0 Å². The maximum absolute atomic E-state index is 4.61. The normalized spacial score (nSPS) is 2.80. The fraction of sp³-hybridized carbons (Fsp3) is 0. The summed E-state index contributed by atoms with van der Waals surface area (Å²) in [6.07, 6.45) is 0. The predicted molar refractivity (Wildman–Crippen MR) is 16.0 cm³/mol. The van der Waals surface area contributed by atoms with Crippen molar-refractivity contribution in [3.05, 3.63) is 12.6 Å². The van der Waals surface area contributed by atoms with Crippen molar-refractivity contribution >= 4 is 7.85 Å². The van der Waals surface area contributed by atoms with E-state index in [4.69, 9.17) is 0 Å². The SMILES string of the molecule is [B+2]C=C.[Br-].[Br-]. The van der Waals surface area contributed by atoms with E-state index in [2.05, 4.69) is 14.4 Å². The van der Waals surface area contributed by atoms with E-state index in [1.54, 1.807) is 0 Å². The number of halogens is 2. The third kappa shape index (κ3) is 62.3. The molecule has 0 aliphatic carbocycles. The molecule has 28 valence electrons. The zero-order chi connectivity index (χ0) is 2.71. The first-order chi connectivity index (χ1) is 1.41. The Labute approximate surface area is 54.6 Å². The van der Waals surface area contributed by atoms with E-state index >= 15 is 0 Å². The molecule has 0 aliphatic rings. The van der Waals surface area contributed by atoms with E-state index in [-0.39, 0.29) is 34.0 Å². The molecule has 0 bridgehead atoms. The van der Waals surface area contributed by atoms with E-state index < -0.39 is 0 Å². The molecule has 5 heavy (non-hydrogen) atoms. The molecule has 0 aromatic carbocycles. The number of rotatable bonds is 0. The second-order valence-corrected chi connectivity index (χ2v) is 0.236. The molecule has 0 aromatic rings. The standard InChI is InChI=1S/C2H3B.2BrH/c1-2-3;;/h2H,1H2;2*1H/q+2;;/p-2. The van der Waals surface area contributed by atoms with Gasteiger partial charge in [-0.15, -0.1) is 0 Å². The first kappa shape index (κ1) is 17.1. The van der Waals surface area contributed by atoms with Gasteiger partial charge in [0, 0.05) is 0 Å². The first-order valence-corrected chi connectivity index (χ1v) is 0.742. The van der Waals surface area contributed by atoms with Crippen LogP contribution in [-0.4, -0.2) is 7.85 Å². The van der Waals surface area contributed by atoms with Crippen molar-refractivity contribution in [1.29, 1.82) is 0 Å². The Balaban J connectivity index is -0.0000000200. The topological polar surface area (TPSA) is 0 Å². The molecule has 0 nitrogen and oxygen atoms in total. The maximum Gasteiger partial charge on any atom is -1.00 e. The van der Waals surface area contributed by atoms with E-state index in [1.807, 2.05) is 0 Å². The zero-order valence-corrected chi connectivity index (χ0v) is 5.79. The van der Waals surface area contributed by atoms with Gasteiger partial charge in [0.05, 0.1) is 0 Å². The summed E-state index contributed by atoms with van der Waals surface area (Å²) in [6, 6.07) is 0. The van der Waals surface area contributed by atoms with Crippen LogP contribution in [0.15, 0.2) is 12.6 Å². The predicted octanol–water partition coefficient (Wildman–Crippen LogP) is -5.69. The average molecular weight is 198 g/mol. The van der Waals surface area contributed by atoms with Crippen molar-refractivity contribution in [3.63, 3.8) is 0 Å². The number of hydrogen-bond acceptors (Lipinski definition) is 0. The van der Waals surface area contributed by atoms with Gasteiger partial charge in [0.25, 0.3) is 0 Å². The van der Waals surface area contributed by atoms with Crippen LogP contribution in [0.5, 0.6) is 0 Å². The second kappa shape index (κ2) is 21.7. The van der Waals surface area contributed by atoms with Crippen molar-refractivity contribution in [2.24, 2.45) is 0 Å². The van der Waals surface area contributed by atoms with Crippen molar-refractivity contribution < 1.29 is 34.0 Å². The smallest absolute Gasteiger partial charge is 1.00 e. The monoisotopic (exact) mass is 196 g/mol. The van der Waals surface area contributed by atoms with Crippen LogP contribution >= 0.6 is 0 Å². The molecule has 0 heterocycles. The zero-order valence-electron chi connectivity index (χ0n) is 2.62. The maximum atomic E-state index is 4.61. The molecule has 0 amide bonds. The molecular formula is C2H3BBr2. The summed E-state index contributed by atoms with van der Waals surface area (Å²) in [5, 5.41) is 0. The van der Waals surface area contributed by atoms with Gasteiger partial charge < -0.3 is 34.0 Å². The van der Waals surface area contributed by atoms with Crippen molar-refractivity contribution in [2.45, 2.75) is 0 Å². The molecule has 0 spiro atoms. The van der Waals surface area contributed by atoms with Gasteiger partial charge in [-0.25, -0.2) is 0 Å². The minimum atomic E-state index is 0. The molecule has 0 unspecified atom stereocenters. The Morgan fingerprint density at radius 3 is 1.40 bits per heavy atom. The third-order valence-electron chi connectivity index (χ3n) is 0. The van der Waals surface area contributed by atoms with Crippen molar-refractivity contribution in [3.8, 4) is 0 Å². The fourth-order valence-electron chi connectivity index (χ4n) is 0. The molecule has 0 rings (SSSR count). The summed E-state index contributed by atoms with van der Waals surface area (Å²) < 4.78 is 0. The van der Waals surface area contributed by atoms with E-state index in [0.717, 1.165) is 0 Å². The Morgan fingerprint density at radius 1 is 1.40 bits per heavy atom. The van der Waals surface area contributed by atoms with Gasteiger partial charge in [-0.3, -0.25) is 0 Å². The van der Waals surface area contributed by atoms with Gasteiger partial charge in [-0.05, 0) is 0 Å². The van der Waals surface area contributed by atoms with Gasteiger partial charge in [0.2, 0.25) is 0 Å². The minimum Gasteiger partial charge on any atom is -1.00 e. The van der Waals surface area contributed by atoms with E-state index in [0.29, 0.717) is 0 Å². The molecule has 0 aliphatic heterocycles. The molecule has 0 saturated heterocycles. The van der Waals surface area contributed by atoms with Gasteiger partial charge in [-0.1, -0.05) is 0 Å². The van der Waals surface area contributed by atoms with Crippen molar-refractivity contribution in [2.75, 3.05) is 0 Å². The fourth-order valence-corrected chi connectivity index (χ4v) is 0. The molecule has 0 aromatic heterocycles.